The van der Waals surface area contributed by atoms with Gasteiger partial charge < -0.3 is 29.0 Å². The van der Waals surface area contributed by atoms with Crippen LogP contribution in [-0.4, -0.2) is 65.7 Å². The van der Waals surface area contributed by atoms with Crippen molar-refractivity contribution >= 4 is 11.9 Å². The van der Waals surface area contributed by atoms with Crippen LogP contribution in [-0.2, 0) is 20.6 Å². The number of Topliss-reactive ketones (excluding diaryl/α,β-unsaturated/α-hetero) is 1. The van der Waals surface area contributed by atoms with Crippen molar-refractivity contribution < 1.29 is 33.3 Å². The molecule has 0 aromatic heterocycles. The fourth-order valence-electron chi connectivity index (χ4n) is 4.39. The minimum atomic E-state index is -0.498. The lowest BCUT2D eigenvalue weighted by Crippen LogP contribution is -2.54. The van der Waals surface area contributed by atoms with E-state index in [2.05, 4.69) is 5.32 Å². The monoisotopic (exact) mass is 499 g/mol. The van der Waals surface area contributed by atoms with Crippen molar-refractivity contribution in [1.29, 1.82) is 0 Å². The second kappa shape index (κ2) is 12.7. The summed E-state index contributed by atoms with van der Waals surface area (Å²) in [6, 6.07) is 9.83. The van der Waals surface area contributed by atoms with E-state index in [0.29, 0.717) is 57.3 Å². The first-order valence-electron chi connectivity index (χ1n) is 12.4. The van der Waals surface area contributed by atoms with E-state index in [1.807, 2.05) is 51.1 Å². The van der Waals surface area contributed by atoms with E-state index in [1.165, 1.54) is 0 Å². The molecule has 0 unspecified atom stereocenters. The van der Waals surface area contributed by atoms with E-state index in [4.69, 9.17) is 23.7 Å². The molecule has 8 heteroatoms. The molecule has 4 rings (SSSR count). The predicted molar refractivity (Wildman–Crippen MR) is 137 cm³/mol. The molecule has 196 valence electrons. The molecule has 1 N–H and O–H groups in total. The van der Waals surface area contributed by atoms with Gasteiger partial charge in [0.25, 0.3) is 0 Å². The Hall–Kier alpha value is -3.10. The van der Waals surface area contributed by atoms with E-state index < -0.39 is 6.09 Å². The van der Waals surface area contributed by atoms with Gasteiger partial charge in [0, 0.05) is 31.2 Å². The lowest BCUT2D eigenvalue weighted by atomic mass is 9.87. The average molecular weight is 500 g/mol. The molecule has 2 aromatic rings. The van der Waals surface area contributed by atoms with Crippen molar-refractivity contribution in [1.82, 2.24) is 5.32 Å². The third kappa shape index (κ3) is 5.99. The highest BCUT2D eigenvalue weighted by Crippen LogP contribution is 2.44. The van der Waals surface area contributed by atoms with Gasteiger partial charge in [-0.15, -0.1) is 0 Å². The number of nitrogens with one attached hydrogen (secondary N) is 1. The number of aryl methyl sites for hydroxylation is 1. The van der Waals surface area contributed by atoms with Crippen molar-refractivity contribution in [3.63, 3.8) is 0 Å². The molecule has 1 saturated heterocycles. The van der Waals surface area contributed by atoms with Gasteiger partial charge >= 0.3 is 6.09 Å². The summed E-state index contributed by atoms with van der Waals surface area (Å²) in [6.45, 7) is 8.11. The third-order valence-corrected chi connectivity index (χ3v) is 6.35. The van der Waals surface area contributed by atoms with Crippen LogP contribution in [0.4, 0.5) is 4.79 Å². The lowest BCUT2D eigenvalue weighted by molar-refractivity contribution is -0.129. The Kier molecular flexibility index (Phi) is 9.73. The largest absolute Gasteiger partial charge is 0.493 e. The van der Waals surface area contributed by atoms with Crippen LogP contribution in [0.5, 0.6) is 11.5 Å². The van der Waals surface area contributed by atoms with Gasteiger partial charge in [0.1, 0.15) is 13.2 Å². The first kappa shape index (κ1) is 27.5. The predicted octanol–water partition coefficient (Wildman–Crippen LogP) is 4.59. The van der Waals surface area contributed by atoms with E-state index in [9.17, 15) is 9.59 Å². The maximum atomic E-state index is 12.3. The fraction of sp³-hybridized carbons (Fsp3) is 0.500. The summed E-state index contributed by atoms with van der Waals surface area (Å²) in [6.07, 6.45) is 0.743. The Balaban J connectivity index is 0.00000176. The lowest BCUT2D eigenvalue weighted by Gasteiger charge is -2.41. The van der Waals surface area contributed by atoms with Crippen LogP contribution < -0.4 is 14.8 Å². The maximum absolute atomic E-state index is 12.3. The second-order valence-corrected chi connectivity index (χ2v) is 8.81. The molecule has 36 heavy (non-hydrogen) atoms. The highest BCUT2D eigenvalue weighted by molar-refractivity contribution is 6.02. The summed E-state index contributed by atoms with van der Waals surface area (Å²) < 4.78 is 27.6. The van der Waals surface area contributed by atoms with Gasteiger partial charge in [-0.1, -0.05) is 44.2 Å². The molecule has 1 aliphatic heterocycles. The number of benzene rings is 2. The van der Waals surface area contributed by atoms with E-state index >= 15 is 0 Å². The molecular formula is C28H37NO7. The van der Waals surface area contributed by atoms with Crippen LogP contribution in [0, 0.1) is 12.3 Å². The molecule has 0 radical (unpaired) electrons. The number of methoxy groups -OCH3 is 2. The third-order valence-electron chi connectivity index (χ3n) is 6.35. The molecule has 0 atom stereocenters. The molecule has 0 spiro atoms. The van der Waals surface area contributed by atoms with Crippen LogP contribution in [0.25, 0.3) is 11.1 Å². The summed E-state index contributed by atoms with van der Waals surface area (Å²) in [5, 5.41) is 2.80. The summed E-state index contributed by atoms with van der Waals surface area (Å²) in [5.74, 6) is 1.46. The van der Waals surface area contributed by atoms with Gasteiger partial charge in [-0.2, -0.15) is 0 Å². The van der Waals surface area contributed by atoms with E-state index in [1.54, 1.807) is 14.2 Å². The number of carbonyl (C=O) groups excluding carboxylic acids is 2. The van der Waals surface area contributed by atoms with E-state index in [-0.39, 0.29) is 17.8 Å². The molecule has 1 aliphatic carbocycles. The van der Waals surface area contributed by atoms with Crippen LogP contribution in [0.2, 0.25) is 0 Å². The minimum Gasteiger partial charge on any atom is -0.493 e. The average Bonchev–Trinajstić information content (AvgIpc) is 3.25. The Labute approximate surface area is 213 Å². The van der Waals surface area contributed by atoms with Crippen LogP contribution in [0.3, 0.4) is 0 Å². The van der Waals surface area contributed by atoms with Gasteiger partial charge in [0.15, 0.2) is 17.3 Å². The number of amides is 1. The zero-order chi connectivity index (χ0) is 26.1. The van der Waals surface area contributed by atoms with Gasteiger partial charge in [-0.05, 0) is 30.0 Å². The SMILES string of the molecule is CC.COCCOC(=O)NCC1(COc2c(-c3cccc4c3CCC4=O)ccc(C)c2OC)COC1. The molecule has 8 nitrogen and oxygen atoms in total. The number of hydrogen-bond donors (Lipinski definition) is 1. The summed E-state index contributed by atoms with van der Waals surface area (Å²) in [5.41, 5.74) is 4.27. The van der Waals surface area contributed by atoms with Gasteiger partial charge in [-0.25, -0.2) is 4.79 Å². The Morgan fingerprint density at radius 3 is 2.42 bits per heavy atom. The number of alkyl carbamates (subject to hydrolysis) is 1. The Morgan fingerprint density at radius 1 is 1.00 bits per heavy atom. The number of ketones is 1. The number of ether oxygens (including phenoxy) is 5. The second-order valence-electron chi connectivity index (χ2n) is 8.81. The molecule has 2 aromatic carbocycles. The standard InChI is InChI=1S/C26H31NO7.C2H6/c1-17-7-8-21(18-5-4-6-20-19(18)9-10-22(20)28)24(23(17)31-3)34-16-26(14-32-15-26)13-27-25(29)33-12-11-30-2;1-2/h4-8H,9-16H2,1-3H3,(H,27,29);1-2H3. The molecular weight excluding hydrogens is 462 g/mol. The molecule has 0 bridgehead atoms. The Morgan fingerprint density at radius 2 is 1.75 bits per heavy atom. The summed E-state index contributed by atoms with van der Waals surface area (Å²) in [7, 11) is 3.17. The zero-order valence-corrected chi connectivity index (χ0v) is 21.9. The number of carbonyl (C=O) groups is 2. The first-order valence-corrected chi connectivity index (χ1v) is 12.4. The normalized spacial score (nSPS) is 15.2. The fourth-order valence-corrected chi connectivity index (χ4v) is 4.39. The van der Waals surface area contributed by atoms with Crippen LogP contribution in [0.15, 0.2) is 30.3 Å². The van der Waals surface area contributed by atoms with Crippen molar-refractivity contribution in [2.24, 2.45) is 5.41 Å². The quantitative estimate of drug-likeness (QED) is 0.478. The van der Waals surface area contributed by atoms with Crippen LogP contribution >= 0.6 is 0 Å². The van der Waals surface area contributed by atoms with Gasteiger partial charge in [0.2, 0.25) is 0 Å². The summed E-state index contributed by atoms with van der Waals surface area (Å²) >= 11 is 0. The van der Waals surface area contributed by atoms with Crippen LogP contribution in [0.1, 0.15) is 41.8 Å². The number of rotatable bonds is 10. The molecule has 1 amide bonds. The van der Waals surface area contributed by atoms with Crippen molar-refractivity contribution in [3.05, 3.63) is 47.0 Å². The molecule has 1 fully saturated rings. The first-order chi connectivity index (χ1) is 17.5. The molecule has 2 aliphatic rings. The minimum absolute atomic E-state index is 0.174. The smallest absolute Gasteiger partial charge is 0.407 e. The van der Waals surface area contributed by atoms with E-state index in [0.717, 1.165) is 27.8 Å². The van der Waals surface area contributed by atoms with Gasteiger partial charge in [-0.3, -0.25) is 4.79 Å². The molecule has 1 heterocycles. The zero-order valence-electron chi connectivity index (χ0n) is 21.9. The number of hydrogen-bond acceptors (Lipinski definition) is 7. The van der Waals surface area contributed by atoms with Crippen molar-refractivity contribution in [2.45, 2.75) is 33.6 Å². The van der Waals surface area contributed by atoms with Gasteiger partial charge in [0.05, 0.1) is 32.3 Å². The maximum Gasteiger partial charge on any atom is 0.407 e. The summed E-state index contributed by atoms with van der Waals surface area (Å²) in [4.78, 5) is 24.3. The molecule has 0 saturated carbocycles. The topological polar surface area (TPSA) is 92.3 Å². The highest BCUT2D eigenvalue weighted by Gasteiger charge is 2.41. The number of fused-ring (bicyclic) bond motifs is 1. The Bertz CT molecular complexity index is 1060. The highest BCUT2D eigenvalue weighted by atomic mass is 16.6. The van der Waals surface area contributed by atoms with Crippen molar-refractivity contribution in [2.75, 3.05) is 53.8 Å². The van der Waals surface area contributed by atoms with Crippen molar-refractivity contribution in [3.8, 4) is 22.6 Å².